The van der Waals surface area contributed by atoms with Crippen LogP contribution in [0.5, 0.6) is 0 Å². The van der Waals surface area contributed by atoms with Gasteiger partial charge in [0, 0.05) is 12.8 Å². The van der Waals surface area contributed by atoms with Gasteiger partial charge in [-0.2, -0.15) is 0 Å². The maximum Gasteiger partial charge on any atom is 0.224 e. The molecule has 0 heterocycles. The second-order valence-corrected chi connectivity index (χ2v) is 5.85. The highest BCUT2D eigenvalue weighted by atomic mass is 16.2. The van der Waals surface area contributed by atoms with Crippen molar-refractivity contribution in [3.63, 3.8) is 0 Å². The number of anilines is 2. The van der Waals surface area contributed by atoms with Crippen LogP contribution in [0, 0.1) is 27.7 Å². The molecule has 0 atom stereocenters. The summed E-state index contributed by atoms with van der Waals surface area (Å²) < 4.78 is 0. The molecule has 1 rings (SSSR count). The predicted molar refractivity (Wildman–Crippen MR) is 92.5 cm³/mol. The molecule has 0 unspecified atom stereocenters. The number of rotatable bonds is 6. The normalized spacial score (nSPS) is 10.5. The predicted octanol–water partition coefficient (Wildman–Crippen LogP) is 4.40. The minimum Gasteiger partial charge on any atom is -0.324 e. The van der Waals surface area contributed by atoms with E-state index in [2.05, 4.69) is 10.6 Å². The number of hydrogen-bond donors (Lipinski definition) is 2. The third kappa shape index (κ3) is 4.09. The fourth-order valence-electron chi connectivity index (χ4n) is 2.48. The summed E-state index contributed by atoms with van der Waals surface area (Å²) in [6, 6.07) is 0. The van der Waals surface area contributed by atoms with Crippen molar-refractivity contribution in [3.8, 4) is 0 Å². The maximum absolute atomic E-state index is 12.0. The van der Waals surface area contributed by atoms with Gasteiger partial charge in [-0.05, 0) is 62.8 Å². The monoisotopic (exact) mass is 304 g/mol. The summed E-state index contributed by atoms with van der Waals surface area (Å²) in [7, 11) is 0. The Morgan fingerprint density at radius 3 is 1.27 bits per heavy atom. The molecule has 4 nitrogen and oxygen atoms in total. The fourth-order valence-corrected chi connectivity index (χ4v) is 2.48. The third-order valence-electron chi connectivity index (χ3n) is 4.17. The number of amides is 2. The average Bonchev–Trinajstić information content (AvgIpc) is 2.47. The van der Waals surface area contributed by atoms with E-state index < -0.39 is 0 Å². The maximum atomic E-state index is 12.0. The standard InChI is InChI=1S/C18H28N2O2/c1-7-9-15(21)19-17-13(5)11(3)12(4)14(6)18(17)20-16(22)10-8-2/h7-10H2,1-6H3,(H,19,21)(H,20,22). The van der Waals surface area contributed by atoms with Crippen LogP contribution in [-0.2, 0) is 9.59 Å². The van der Waals surface area contributed by atoms with Crippen molar-refractivity contribution < 1.29 is 9.59 Å². The van der Waals surface area contributed by atoms with Crippen LogP contribution in [0.25, 0.3) is 0 Å². The van der Waals surface area contributed by atoms with Gasteiger partial charge in [-0.25, -0.2) is 0 Å². The second-order valence-electron chi connectivity index (χ2n) is 5.85. The lowest BCUT2D eigenvalue weighted by Crippen LogP contribution is -2.19. The van der Waals surface area contributed by atoms with Crippen LogP contribution < -0.4 is 10.6 Å². The van der Waals surface area contributed by atoms with E-state index >= 15 is 0 Å². The number of benzene rings is 1. The lowest BCUT2D eigenvalue weighted by Gasteiger charge is -2.21. The highest BCUT2D eigenvalue weighted by Crippen LogP contribution is 2.35. The molecule has 0 aromatic heterocycles. The van der Waals surface area contributed by atoms with Crippen molar-refractivity contribution in [2.75, 3.05) is 10.6 Å². The van der Waals surface area contributed by atoms with Crippen LogP contribution in [0.4, 0.5) is 11.4 Å². The van der Waals surface area contributed by atoms with Gasteiger partial charge in [0.05, 0.1) is 11.4 Å². The molecule has 4 heteroatoms. The number of carbonyl (C=O) groups is 2. The Balaban J connectivity index is 3.31. The summed E-state index contributed by atoms with van der Waals surface area (Å²) in [4.78, 5) is 24.0. The average molecular weight is 304 g/mol. The highest BCUT2D eigenvalue weighted by Gasteiger charge is 2.18. The van der Waals surface area contributed by atoms with Crippen LogP contribution >= 0.6 is 0 Å². The quantitative estimate of drug-likeness (QED) is 0.818. The molecule has 0 aliphatic rings. The van der Waals surface area contributed by atoms with Crippen molar-refractivity contribution in [2.24, 2.45) is 0 Å². The first-order valence-corrected chi connectivity index (χ1v) is 8.03. The highest BCUT2D eigenvalue weighted by molar-refractivity contribution is 6.02. The summed E-state index contributed by atoms with van der Waals surface area (Å²) in [6.45, 7) is 12.0. The molecular formula is C18H28N2O2. The Morgan fingerprint density at radius 2 is 1.00 bits per heavy atom. The molecule has 0 aliphatic carbocycles. The van der Waals surface area contributed by atoms with Crippen molar-refractivity contribution in [2.45, 2.75) is 67.2 Å². The second kappa shape index (κ2) is 7.97. The van der Waals surface area contributed by atoms with E-state index in [9.17, 15) is 9.59 Å². The van der Waals surface area contributed by atoms with Crippen LogP contribution in [-0.4, -0.2) is 11.8 Å². The van der Waals surface area contributed by atoms with Gasteiger partial charge in [0.2, 0.25) is 11.8 Å². The van der Waals surface area contributed by atoms with Gasteiger partial charge < -0.3 is 10.6 Å². The van der Waals surface area contributed by atoms with E-state index in [4.69, 9.17) is 0 Å². The zero-order chi connectivity index (χ0) is 16.9. The smallest absolute Gasteiger partial charge is 0.224 e. The van der Waals surface area contributed by atoms with E-state index in [1.807, 2.05) is 41.5 Å². The zero-order valence-corrected chi connectivity index (χ0v) is 14.6. The molecule has 0 radical (unpaired) electrons. The van der Waals surface area contributed by atoms with Crippen LogP contribution in [0.1, 0.15) is 61.8 Å². The van der Waals surface area contributed by atoms with Gasteiger partial charge in [0.25, 0.3) is 0 Å². The molecule has 2 N–H and O–H groups in total. The molecule has 0 bridgehead atoms. The molecule has 1 aromatic carbocycles. The number of hydrogen-bond acceptors (Lipinski definition) is 2. The molecule has 22 heavy (non-hydrogen) atoms. The van der Waals surface area contributed by atoms with Crippen molar-refractivity contribution in [3.05, 3.63) is 22.3 Å². The molecular weight excluding hydrogens is 276 g/mol. The van der Waals surface area contributed by atoms with Gasteiger partial charge in [0.1, 0.15) is 0 Å². The topological polar surface area (TPSA) is 58.2 Å². The number of nitrogens with one attached hydrogen (secondary N) is 2. The van der Waals surface area contributed by atoms with Gasteiger partial charge in [-0.15, -0.1) is 0 Å². The molecule has 2 amide bonds. The Hall–Kier alpha value is -1.84. The molecule has 0 saturated heterocycles. The van der Waals surface area contributed by atoms with Crippen molar-refractivity contribution >= 4 is 23.2 Å². The Bertz CT molecular complexity index is 526. The Labute approximate surface area is 133 Å². The van der Waals surface area contributed by atoms with Crippen LogP contribution in [0.3, 0.4) is 0 Å². The van der Waals surface area contributed by atoms with Gasteiger partial charge in [0.15, 0.2) is 0 Å². The summed E-state index contributed by atoms with van der Waals surface area (Å²) in [5.74, 6) is -0.0292. The van der Waals surface area contributed by atoms with Gasteiger partial charge in [-0.1, -0.05) is 13.8 Å². The van der Waals surface area contributed by atoms with Gasteiger partial charge in [-0.3, -0.25) is 9.59 Å². The summed E-state index contributed by atoms with van der Waals surface area (Å²) >= 11 is 0. The lowest BCUT2D eigenvalue weighted by molar-refractivity contribution is -0.117. The van der Waals surface area contributed by atoms with Crippen molar-refractivity contribution in [1.29, 1.82) is 0 Å². The molecule has 122 valence electrons. The third-order valence-corrected chi connectivity index (χ3v) is 4.17. The molecule has 0 spiro atoms. The van der Waals surface area contributed by atoms with E-state index in [-0.39, 0.29) is 11.8 Å². The lowest BCUT2D eigenvalue weighted by atomic mass is 9.95. The summed E-state index contributed by atoms with van der Waals surface area (Å²) in [5, 5.41) is 5.96. The summed E-state index contributed by atoms with van der Waals surface area (Å²) in [5.41, 5.74) is 5.81. The Morgan fingerprint density at radius 1 is 0.682 bits per heavy atom. The SMILES string of the molecule is CCCC(=O)Nc1c(C)c(C)c(C)c(C)c1NC(=O)CCC. The van der Waals surface area contributed by atoms with E-state index in [0.29, 0.717) is 12.8 Å². The first-order chi connectivity index (χ1) is 10.3. The minimum atomic E-state index is -0.0146. The molecule has 0 fully saturated rings. The first-order valence-electron chi connectivity index (χ1n) is 8.03. The van der Waals surface area contributed by atoms with Crippen molar-refractivity contribution in [1.82, 2.24) is 0 Å². The van der Waals surface area contributed by atoms with Crippen LogP contribution in [0.2, 0.25) is 0 Å². The number of carbonyl (C=O) groups excluding carboxylic acids is 2. The fraction of sp³-hybridized carbons (Fsp3) is 0.556. The molecule has 0 saturated carbocycles. The molecule has 0 aliphatic heterocycles. The van der Waals surface area contributed by atoms with E-state index in [1.54, 1.807) is 0 Å². The van der Waals surface area contributed by atoms with E-state index in [0.717, 1.165) is 46.5 Å². The summed E-state index contributed by atoms with van der Waals surface area (Å²) in [6.07, 6.45) is 2.56. The van der Waals surface area contributed by atoms with Crippen LogP contribution in [0.15, 0.2) is 0 Å². The minimum absolute atomic E-state index is 0.0146. The largest absolute Gasteiger partial charge is 0.324 e. The van der Waals surface area contributed by atoms with E-state index in [1.165, 1.54) is 0 Å². The zero-order valence-electron chi connectivity index (χ0n) is 14.6. The van der Waals surface area contributed by atoms with Gasteiger partial charge >= 0.3 is 0 Å². The molecule has 1 aromatic rings. The Kier molecular flexibility index (Phi) is 6.60. The first kappa shape index (κ1) is 18.2.